The molecular weight excluding hydrogens is 340 g/mol. The van der Waals surface area contributed by atoms with Crippen LogP contribution in [0.2, 0.25) is 0 Å². The third-order valence-electron chi connectivity index (χ3n) is 5.08. The molecule has 1 unspecified atom stereocenters. The molecule has 1 fully saturated rings. The summed E-state index contributed by atoms with van der Waals surface area (Å²) in [6.07, 6.45) is -0.446. The van der Waals surface area contributed by atoms with Crippen LogP contribution >= 0.6 is 0 Å². The van der Waals surface area contributed by atoms with E-state index in [-0.39, 0.29) is 6.61 Å². The molecule has 1 saturated heterocycles. The SMILES string of the molecule is OCCn1c(N2CCN(Cc3ccccc3)CC(O)C2)nc2ccccc21. The molecular formula is C21H26N4O2. The van der Waals surface area contributed by atoms with E-state index in [1.54, 1.807) is 0 Å². The smallest absolute Gasteiger partial charge is 0.206 e. The van der Waals surface area contributed by atoms with Crippen molar-refractivity contribution in [1.29, 1.82) is 0 Å². The first kappa shape index (κ1) is 18.0. The van der Waals surface area contributed by atoms with Gasteiger partial charge in [0.25, 0.3) is 0 Å². The van der Waals surface area contributed by atoms with Crippen LogP contribution in [-0.2, 0) is 13.1 Å². The molecule has 0 aliphatic carbocycles. The molecule has 1 aromatic heterocycles. The number of aliphatic hydroxyl groups is 2. The van der Waals surface area contributed by atoms with E-state index >= 15 is 0 Å². The Bertz CT molecular complexity index is 880. The zero-order valence-electron chi connectivity index (χ0n) is 15.4. The highest BCUT2D eigenvalue weighted by Gasteiger charge is 2.25. The van der Waals surface area contributed by atoms with Crippen LogP contribution in [0.15, 0.2) is 54.6 Å². The normalized spacial score (nSPS) is 18.7. The molecule has 0 spiro atoms. The van der Waals surface area contributed by atoms with Gasteiger partial charge in [0.05, 0.1) is 23.7 Å². The highest BCUT2D eigenvalue weighted by molar-refractivity contribution is 5.78. The number of imidazole rings is 1. The molecule has 0 radical (unpaired) electrons. The van der Waals surface area contributed by atoms with Gasteiger partial charge in [-0.1, -0.05) is 42.5 Å². The summed E-state index contributed by atoms with van der Waals surface area (Å²) in [6.45, 7) is 4.22. The Hall–Kier alpha value is -2.41. The lowest BCUT2D eigenvalue weighted by atomic mass is 10.2. The zero-order chi connectivity index (χ0) is 18.6. The largest absolute Gasteiger partial charge is 0.395 e. The molecule has 27 heavy (non-hydrogen) atoms. The van der Waals surface area contributed by atoms with Crippen molar-refractivity contribution in [2.45, 2.75) is 19.2 Å². The number of anilines is 1. The standard InChI is InChI=1S/C21H26N4O2/c26-13-12-25-20-9-5-4-8-19(20)22-21(25)24-11-10-23(15-18(27)16-24)14-17-6-2-1-3-7-17/h1-9,18,26-27H,10-16H2. The summed E-state index contributed by atoms with van der Waals surface area (Å²) in [5, 5.41) is 20.1. The lowest BCUT2D eigenvalue weighted by Crippen LogP contribution is -2.35. The van der Waals surface area contributed by atoms with E-state index in [4.69, 9.17) is 4.98 Å². The van der Waals surface area contributed by atoms with Gasteiger partial charge in [0, 0.05) is 39.3 Å². The number of aromatic nitrogens is 2. The van der Waals surface area contributed by atoms with Crippen molar-refractivity contribution in [3.05, 3.63) is 60.2 Å². The molecule has 1 aliphatic rings. The van der Waals surface area contributed by atoms with Crippen LogP contribution in [0.5, 0.6) is 0 Å². The highest BCUT2D eigenvalue weighted by Crippen LogP contribution is 2.24. The van der Waals surface area contributed by atoms with Gasteiger partial charge >= 0.3 is 0 Å². The Morgan fingerprint density at radius 1 is 0.963 bits per heavy atom. The number of hydrogen-bond acceptors (Lipinski definition) is 5. The average molecular weight is 366 g/mol. The lowest BCUT2D eigenvalue weighted by Gasteiger charge is -2.24. The summed E-state index contributed by atoms with van der Waals surface area (Å²) < 4.78 is 2.05. The van der Waals surface area contributed by atoms with Crippen LogP contribution in [0.3, 0.4) is 0 Å². The van der Waals surface area contributed by atoms with E-state index in [0.717, 1.165) is 36.6 Å². The Labute approximate surface area is 159 Å². The average Bonchev–Trinajstić information content (AvgIpc) is 2.94. The molecule has 142 valence electrons. The second kappa shape index (κ2) is 8.08. The van der Waals surface area contributed by atoms with E-state index in [9.17, 15) is 10.2 Å². The molecule has 3 aromatic rings. The molecule has 0 amide bonds. The van der Waals surface area contributed by atoms with Gasteiger partial charge in [-0.15, -0.1) is 0 Å². The number of β-amino-alcohol motifs (C(OH)–C–C–N with tert-alkyl or cyclic N) is 1. The van der Waals surface area contributed by atoms with Crippen LogP contribution < -0.4 is 4.90 Å². The number of aliphatic hydroxyl groups excluding tert-OH is 2. The minimum Gasteiger partial charge on any atom is -0.395 e. The van der Waals surface area contributed by atoms with Gasteiger partial charge in [0.1, 0.15) is 0 Å². The fraction of sp³-hybridized carbons (Fsp3) is 0.381. The first-order chi connectivity index (χ1) is 13.2. The van der Waals surface area contributed by atoms with Gasteiger partial charge in [-0.2, -0.15) is 0 Å². The second-order valence-corrected chi connectivity index (χ2v) is 7.10. The topological polar surface area (TPSA) is 64.8 Å². The predicted molar refractivity (Wildman–Crippen MR) is 107 cm³/mol. The lowest BCUT2D eigenvalue weighted by molar-refractivity contribution is 0.129. The Balaban J connectivity index is 1.56. The Morgan fingerprint density at radius 3 is 2.56 bits per heavy atom. The van der Waals surface area contributed by atoms with E-state index in [0.29, 0.717) is 19.6 Å². The van der Waals surface area contributed by atoms with Crippen LogP contribution in [0, 0.1) is 0 Å². The second-order valence-electron chi connectivity index (χ2n) is 7.10. The van der Waals surface area contributed by atoms with Crippen LogP contribution in [0.4, 0.5) is 5.95 Å². The molecule has 0 bridgehead atoms. The van der Waals surface area contributed by atoms with Crippen LogP contribution in [-0.4, -0.2) is 63.6 Å². The summed E-state index contributed by atoms with van der Waals surface area (Å²) >= 11 is 0. The fourth-order valence-electron chi connectivity index (χ4n) is 3.85. The van der Waals surface area contributed by atoms with Crippen molar-refractivity contribution in [1.82, 2.24) is 14.5 Å². The minimum atomic E-state index is -0.446. The Kier molecular flexibility index (Phi) is 5.38. The first-order valence-corrected chi connectivity index (χ1v) is 9.50. The number of fused-ring (bicyclic) bond motifs is 1. The van der Waals surface area contributed by atoms with Crippen molar-refractivity contribution < 1.29 is 10.2 Å². The van der Waals surface area contributed by atoms with Crippen molar-refractivity contribution in [3.63, 3.8) is 0 Å². The van der Waals surface area contributed by atoms with E-state index in [1.165, 1.54) is 5.56 Å². The molecule has 2 heterocycles. The van der Waals surface area contributed by atoms with Crippen LogP contribution in [0.25, 0.3) is 11.0 Å². The minimum absolute atomic E-state index is 0.0594. The summed E-state index contributed by atoms with van der Waals surface area (Å²) in [5.41, 5.74) is 3.19. The van der Waals surface area contributed by atoms with Gasteiger partial charge in [-0.05, 0) is 17.7 Å². The third-order valence-corrected chi connectivity index (χ3v) is 5.08. The quantitative estimate of drug-likeness (QED) is 0.720. The van der Waals surface area contributed by atoms with E-state index < -0.39 is 6.10 Å². The fourth-order valence-corrected chi connectivity index (χ4v) is 3.85. The zero-order valence-corrected chi connectivity index (χ0v) is 15.4. The van der Waals surface area contributed by atoms with Gasteiger partial charge in [-0.3, -0.25) is 4.90 Å². The maximum atomic E-state index is 10.6. The monoisotopic (exact) mass is 366 g/mol. The highest BCUT2D eigenvalue weighted by atomic mass is 16.3. The molecule has 6 nitrogen and oxygen atoms in total. The van der Waals surface area contributed by atoms with Crippen molar-refractivity contribution >= 4 is 17.0 Å². The van der Waals surface area contributed by atoms with Gasteiger partial charge in [-0.25, -0.2) is 4.98 Å². The summed E-state index contributed by atoms with van der Waals surface area (Å²) in [5.74, 6) is 0.825. The van der Waals surface area contributed by atoms with E-state index in [2.05, 4.69) is 26.5 Å². The number of para-hydroxylation sites is 2. The van der Waals surface area contributed by atoms with Crippen molar-refractivity contribution in [2.75, 3.05) is 37.7 Å². The summed E-state index contributed by atoms with van der Waals surface area (Å²) in [4.78, 5) is 9.22. The number of benzene rings is 2. The molecule has 2 aromatic carbocycles. The third kappa shape index (κ3) is 3.98. The Morgan fingerprint density at radius 2 is 1.74 bits per heavy atom. The predicted octanol–water partition coefficient (Wildman–Crippen LogP) is 1.71. The maximum Gasteiger partial charge on any atom is 0.206 e. The molecule has 4 rings (SSSR count). The summed E-state index contributed by atoms with van der Waals surface area (Å²) in [6, 6.07) is 18.3. The molecule has 2 N–H and O–H groups in total. The number of rotatable bonds is 5. The first-order valence-electron chi connectivity index (χ1n) is 9.50. The molecule has 6 heteroatoms. The van der Waals surface area contributed by atoms with Gasteiger partial charge in [0.2, 0.25) is 5.95 Å². The van der Waals surface area contributed by atoms with Crippen LogP contribution in [0.1, 0.15) is 5.56 Å². The molecule has 0 saturated carbocycles. The number of hydrogen-bond donors (Lipinski definition) is 2. The van der Waals surface area contributed by atoms with Gasteiger partial charge < -0.3 is 19.7 Å². The van der Waals surface area contributed by atoms with Gasteiger partial charge in [0.15, 0.2) is 0 Å². The number of nitrogens with zero attached hydrogens (tertiary/aromatic N) is 4. The van der Waals surface area contributed by atoms with Crippen molar-refractivity contribution in [2.24, 2.45) is 0 Å². The molecule has 1 aliphatic heterocycles. The van der Waals surface area contributed by atoms with E-state index in [1.807, 2.05) is 42.5 Å². The summed E-state index contributed by atoms with van der Waals surface area (Å²) in [7, 11) is 0. The maximum absolute atomic E-state index is 10.6. The van der Waals surface area contributed by atoms with Crippen molar-refractivity contribution in [3.8, 4) is 0 Å². The molecule has 1 atom stereocenters.